The zero-order valence-corrected chi connectivity index (χ0v) is 35.3. The quantitative estimate of drug-likeness (QED) is 0.156. The lowest BCUT2D eigenvalue weighted by Crippen LogP contribution is -2.54. The number of hydrogen-bond acceptors (Lipinski definition) is 7. The molecule has 0 radical (unpaired) electrons. The van der Waals surface area contributed by atoms with Crippen molar-refractivity contribution >= 4 is 11.9 Å². The van der Waals surface area contributed by atoms with E-state index in [4.69, 9.17) is 14.2 Å². The molecule has 0 aliphatic heterocycles. The monoisotopic (exact) mass is 779 g/mol. The fourth-order valence-electron chi connectivity index (χ4n) is 10.1. The minimum Gasteiger partial charge on any atom is -0.497 e. The Balaban J connectivity index is 1.42. The summed E-state index contributed by atoms with van der Waals surface area (Å²) in [6, 6.07) is 21.0. The number of carbonyl (C=O) groups is 2. The highest BCUT2D eigenvalue weighted by Gasteiger charge is 2.58. The molecule has 7 atom stereocenters. The molecule has 4 aliphatic rings. The fourth-order valence-corrected chi connectivity index (χ4v) is 10.1. The summed E-state index contributed by atoms with van der Waals surface area (Å²) in [4.78, 5) is 30.8. The molecule has 1 amide bonds. The number of aliphatic hydroxyl groups is 2. The van der Waals surface area contributed by atoms with Gasteiger partial charge in [0.2, 0.25) is 0 Å². The SMILES string of the molecule is COc1ccc(CN(C[C@]2(O)CC[C@H]3c4ccc(cc4C(=O)c4ccccc4)C[C@@H](O)CCC(C)=CCC[C@@]32C)C(=O)O[C@H]2C[C@@H](C)CC[C@@H]2C(C)C)c(OC)c1. The third kappa shape index (κ3) is 9.44. The van der Waals surface area contributed by atoms with E-state index in [0.717, 1.165) is 42.4 Å². The molecular weight excluding hydrogens is 715 g/mol. The molecule has 57 heavy (non-hydrogen) atoms. The second-order valence-corrected chi connectivity index (χ2v) is 17.9. The number of ketones is 1. The Kier molecular flexibility index (Phi) is 13.6. The molecule has 3 aromatic carbocycles. The van der Waals surface area contributed by atoms with Crippen molar-refractivity contribution in [3.8, 4) is 11.5 Å². The van der Waals surface area contributed by atoms with Gasteiger partial charge in [-0.2, -0.15) is 0 Å². The Labute approximate surface area is 340 Å². The molecule has 2 N–H and O–H groups in total. The third-order valence-corrected chi connectivity index (χ3v) is 13.7. The van der Waals surface area contributed by atoms with Gasteiger partial charge in [0, 0.05) is 28.2 Å². The maximum absolute atomic E-state index is 14.7. The van der Waals surface area contributed by atoms with Crippen molar-refractivity contribution in [2.75, 3.05) is 20.8 Å². The zero-order valence-electron chi connectivity index (χ0n) is 35.3. The molecule has 4 aliphatic carbocycles. The number of amides is 1. The van der Waals surface area contributed by atoms with Gasteiger partial charge >= 0.3 is 6.09 Å². The highest BCUT2D eigenvalue weighted by Crippen LogP contribution is 2.59. The van der Waals surface area contributed by atoms with E-state index in [1.165, 1.54) is 5.57 Å². The number of fused-ring (bicyclic) bond motifs is 8. The minimum absolute atomic E-state index is 0.0531. The van der Waals surface area contributed by atoms with Gasteiger partial charge in [0.25, 0.3) is 0 Å². The van der Waals surface area contributed by atoms with Crippen molar-refractivity contribution in [3.63, 3.8) is 0 Å². The fraction of sp³-hybridized carbons (Fsp3) is 0.551. The number of carbonyl (C=O) groups excluding carboxylic acids is 2. The number of ether oxygens (including phenoxy) is 3. The number of allylic oxidation sites excluding steroid dienone is 2. The van der Waals surface area contributed by atoms with Gasteiger partial charge in [0.1, 0.15) is 17.6 Å². The lowest BCUT2D eigenvalue weighted by atomic mass is 9.64. The average molecular weight is 780 g/mol. The van der Waals surface area contributed by atoms with Gasteiger partial charge in [0.05, 0.1) is 39.0 Å². The molecular formula is C49H65NO7. The van der Waals surface area contributed by atoms with Gasteiger partial charge in [-0.1, -0.05) is 88.2 Å². The van der Waals surface area contributed by atoms with Crippen molar-refractivity contribution < 1.29 is 34.0 Å². The number of aliphatic hydroxyl groups excluding tert-OH is 1. The van der Waals surface area contributed by atoms with Crippen LogP contribution in [0.15, 0.2) is 78.4 Å². The van der Waals surface area contributed by atoms with Crippen LogP contribution < -0.4 is 9.47 Å². The van der Waals surface area contributed by atoms with Crippen molar-refractivity contribution in [2.45, 2.75) is 129 Å². The van der Waals surface area contributed by atoms with Gasteiger partial charge in [0.15, 0.2) is 5.78 Å². The van der Waals surface area contributed by atoms with Gasteiger partial charge in [-0.05, 0) is 118 Å². The van der Waals surface area contributed by atoms with Crippen LogP contribution in [0, 0.1) is 23.2 Å². The van der Waals surface area contributed by atoms with E-state index in [0.29, 0.717) is 73.0 Å². The smallest absolute Gasteiger partial charge is 0.410 e. The van der Waals surface area contributed by atoms with Crippen molar-refractivity contribution in [2.24, 2.45) is 23.2 Å². The number of benzene rings is 3. The first-order valence-corrected chi connectivity index (χ1v) is 21.2. The molecule has 0 spiro atoms. The summed E-state index contributed by atoms with van der Waals surface area (Å²) in [5, 5.41) is 24.3. The summed E-state index contributed by atoms with van der Waals surface area (Å²) in [5.41, 5.74) is 2.97. The highest BCUT2D eigenvalue weighted by atomic mass is 16.6. The lowest BCUT2D eigenvalue weighted by molar-refractivity contribution is -0.0877. The molecule has 0 heterocycles. The molecule has 2 saturated carbocycles. The summed E-state index contributed by atoms with van der Waals surface area (Å²) in [6.45, 7) is 11.1. The summed E-state index contributed by atoms with van der Waals surface area (Å²) >= 11 is 0. The molecule has 308 valence electrons. The van der Waals surface area contributed by atoms with Gasteiger partial charge in [-0.25, -0.2) is 4.79 Å². The normalized spacial score (nSPS) is 27.9. The first-order valence-electron chi connectivity index (χ1n) is 21.2. The second-order valence-electron chi connectivity index (χ2n) is 17.9. The number of hydrogen-bond donors (Lipinski definition) is 2. The van der Waals surface area contributed by atoms with Crippen LogP contribution in [-0.4, -0.2) is 65.6 Å². The Morgan fingerprint density at radius 1 is 0.947 bits per heavy atom. The first kappa shape index (κ1) is 42.5. The van der Waals surface area contributed by atoms with E-state index >= 15 is 0 Å². The van der Waals surface area contributed by atoms with E-state index in [-0.39, 0.29) is 36.8 Å². The van der Waals surface area contributed by atoms with E-state index in [1.54, 1.807) is 19.1 Å². The van der Waals surface area contributed by atoms with E-state index < -0.39 is 23.2 Å². The van der Waals surface area contributed by atoms with Crippen LogP contribution in [0.3, 0.4) is 0 Å². The summed E-state index contributed by atoms with van der Waals surface area (Å²) < 4.78 is 17.8. The summed E-state index contributed by atoms with van der Waals surface area (Å²) in [7, 11) is 3.22. The molecule has 0 unspecified atom stereocenters. The minimum atomic E-state index is -1.32. The van der Waals surface area contributed by atoms with Crippen LogP contribution in [0.2, 0.25) is 0 Å². The maximum atomic E-state index is 14.7. The average Bonchev–Trinajstić information content (AvgIpc) is 3.45. The summed E-state index contributed by atoms with van der Waals surface area (Å²) in [6.07, 6.45) is 8.29. The number of nitrogens with zero attached hydrogens (tertiary/aromatic N) is 1. The zero-order chi connectivity index (χ0) is 40.9. The Morgan fingerprint density at radius 2 is 1.72 bits per heavy atom. The van der Waals surface area contributed by atoms with Crippen LogP contribution >= 0.6 is 0 Å². The van der Waals surface area contributed by atoms with Crippen molar-refractivity contribution in [1.29, 1.82) is 0 Å². The predicted octanol–water partition coefficient (Wildman–Crippen LogP) is 10.1. The molecule has 8 nitrogen and oxygen atoms in total. The van der Waals surface area contributed by atoms with Crippen LogP contribution in [-0.2, 0) is 17.7 Å². The Hall–Kier alpha value is -4.14. The summed E-state index contributed by atoms with van der Waals surface area (Å²) in [5.74, 6) is 2.07. The van der Waals surface area contributed by atoms with Crippen molar-refractivity contribution in [3.05, 3.63) is 106 Å². The topological polar surface area (TPSA) is 106 Å². The molecule has 7 rings (SSSR count). The van der Waals surface area contributed by atoms with Crippen LogP contribution in [0.5, 0.6) is 11.5 Å². The molecule has 0 aromatic heterocycles. The van der Waals surface area contributed by atoms with Gasteiger partial charge < -0.3 is 29.3 Å². The molecule has 3 aromatic rings. The van der Waals surface area contributed by atoms with E-state index in [9.17, 15) is 19.8 Å². The standard InChI is InChI=1S/C49H65NO7/c1-32(2)40-21-16-34(4)26-45(40)57-47(53)50(30-37-18-20-39(55-6)29-44(37)56-7)31-49(54)25-23-43-41-22-17-35(28-42(41)46(52)36-13-9-8-10-14-36)27-38(51)19-15-33(3)12-11-24-48(43,49)5/h8-10,12-14,17-18,20,22,28-29,32,34,38,40,43,45,51,54H,11,15-16,19,21,23-27,30-31H2,1-7H3/t34-,38-,40+,43-,45-,48-,49+/m0/s1. The largest absolute Gasteiger partial charge is 0.497 e. The first-order chi connectivity index (χ1) is 27.2. The van der Waals surface area contributed by atoms with Crippen LogP contribution in [0.4, 0.5) is 4.79 Å². The molecule has 2 fully saturated rings. The molecule has 0 saturated heterocycles. The third-order valence-electron chi connectivity index (χ3n) is 13.7. The Morgan fingerprint density at radius 3 is 2.44 bits per heavy atom. The van der Waals surface area contributed by atoms with E-state index in [2.05, 4.69) is 46.8 Å². The van der Waals surface area contributed by atoms with Crippen LogP contribution in [0.25, 0.3) is 0 Å². The lowest BCUT2D eigenvalue weighted by Gasteiger charge is -2.46. The highest BCUT2D eigenvalue weighted by molar-refractivity contribution is 6.10. The molecule has 2 bridgehead atoms. The number of rotatable bonds is 10. The van der Waals surface area contributed by atoms with Gasteiger partial charge in [-0.3, -0.25) is 4.79 Å². The van der Waals surface area contributed by atoms with Crippen LogP contribution in [0.1, 0.15) is 131 Å². The second kappa shape index (κ2) is 18.2. The van der Waals surface area contributed by atoms with Gasteiger partial charge in [-0.15, -0.1) is 0 Å². The number of methoxy groups -OCH3 is 2. The molecule has 8 heteroatoms. The maximum Gasteiger partial charge on any atom is 0.410 e. The predicted molar refractivity (Wildman–Crippen MR) is 225 cm³/mol. The van der Waals surface area contributed by atoms with Crippen molar-refractivity contribution in [1.82, 2.24) is 4.90 Å². The van der Waals surface area contributed by atoms with E-state index in [1.807, 2.05) is 60.7 Å². The Bertz CT molecular complexity index is 1890.